The highest BCUT2D eigenvalue weighted by atomic mass is 16.7. The molecule has 1 unspecified atom stereocenters. The van der Waals surface area contributed by atoms with Crippen molar-refractivity contribution in [2.45, 2.75) is 39.0 Å². The predicted molar refractivity (Wildman–Crippen MR) is 110 cm³/mol. The van der Waals surface area contributed by atoms with Crippen LogP contribution in [0.2, 0.25) is 0 Å². The van der Waals surface area contributed by atoms with Crippen molar-refractivity contribution in [1.82, 2.24) is 14.7 Å². The number of ether oxygens (including phenoxy) is 4. The van der Waals surface area contributed by atoms with Gasteiger partial charge in [-0.15, -0.1) is 0 Å². The molecule has 4 rings (SSSR count). The van der Waals surface area contributed by atoms with Gasteiger partial charge in [0.25, 0.3) is 0 Å². The summed E-state index contributed by atoms with van der Waals surface area (Å²) in [5.41, 5.74) is 3.81. The molecule has 8 heteroatoms. The Balaban J connectivity index is 1.60. The van der Waals surface area contributed by atoms with E-state index >= 15 is 0 Å². The third-order valence-electron chi connectivity index (χ3n) is 5.66. The first-order valence-corrected chi connectivity index (χ1v) is 10.4. The minimum absolute atomic E-state index is 0.0168. The van der Waals surface area contributed by atoms with E-state index in [0.717, 1.165) is 34.8 Å². The van der Waals surface area contributed by atoms with Crippen molar-refractivity contribution in [2.24, 2.45) is 0 Å². The van der Waals surface area contributed by atoms with Gasteiger partial charge in [0.1, 0.15) is 5.75 Å². The smallest absolute Gasteiger partial charge is 0.228 e. The summed E-state index contributed by atoms with van der Waals surface area (Å²) in [6, 6.07) is 7.59. The molecule has 2 aliphatic rings. The molecule has 2 saturated heterocycles. The molecular weight excluding hydrogens is 386 g/mol. The van der Waals surface area contributed by atoms with Crippen LogP contribution in [0.4, 0.5) is 0 Å². The first kappa shape index (κ1) is 20.8. The zero-order valence-corrected chi connectivity index (χ0v) is 17.8. The van der Waals surface area contributed by atoms with Crippen LogP contribution in [0.1, 0.15) is 35.8 Å². The normalized spacial score (nSPS) is 20.4. The molecule has 0 bridgehead atoms. The maximum absolute atomic E-state index is 13.1. The lowest BCUT2D eigenvalue weighted by atomic mass is 10.0. The highest BCUT2D eigenvalue weighted by Gasteiger charge is 2.34. The van der Waals surface area contributed by atoms with Crippen molar-refractivity contribution in [1.29, 1.82) is 0 Å². The van der Waals surface area contributed by atoms with E-state index in [1.165, 1.54) is 0 Å². The van der Waals surface area contributed by atoms with E-state index in [0.29, 0.717) is 33.0 Å². The molecule has 0 spiro atoms. The summed E-state index contributed by atoms with van der Waals surface area (Å²) in [6.45, 7) is 6.79. The van der Waals surface area contributed by atoms with Gasteiger partial charge in [-0.05, 0) is 32.4 Å². The molecule has 162 valence electrons. The van der Waals surface area contributed by atoms with E-state index in [4.69, 9.17) is 24.0 Å². The fraction of sp³-hybridized carbons (Fsp3) is 0.545. The predicted octanol–water partition coefficient (Wildman–Crippen LogP) is 2.55. The molecule has 2 fully saturated rings. The number of hydrogen-bond acceptors (Lipinski definition) is 6. The number of carbonyl (C=O) groups is 1. The average molecular weight is 415 g/mol. The maximum atomic E-state index is 13.1. The lowest BCUT2D eigenvalue weighted by molar-refractivity contribution is -0.189. The summed E-state index contributed by atoms with van der Waals surface area (Å²) in [5, 5.41) is 4.76. The Morgan fingerprint density at radius 2 is 2.03 bits per heavy atom. The van der Waals surface area contributed by atoms with Crippen LogP contribution in [0, 0.1) is 13.8 Å². The molecule has 1 atom stereocenters. The molecule has 8 nitrogen and oxygen atoms in total. The first-order valence-electron chi connectivity index (χ1n) is 10.4. The van der Waals surface area contributed by atoms with Gasteiger partial charge in [0.15, 0.2) is 6.29 Å². The number of hydrogen-bond donors (Lipinski definition) is 0. The first-order chi connectivity index (χ1) is 14.6. The van der Waals surface area contributed by atoms with Gasteiger partial charge in [0, 0.05) is 23.9 Å². The van der Waals surface area contributed by atoms with Gasteiger partial charge in [0.05, 0.1) is 57.4 Å². The number of carbonyl (C=O) groups excluding carboxylic acids is 1. The number of aryl methyl sites for hydroxylation is 1. The van der Waals surface area contributed by atoms with Crippen LogP contribution >= 0.6 is 0 Å². The minimum atomic E-state index is -0.462. The molecule has 1 aromatic heterocycles. The number of aromatic nitrogens is 2. The number of amides is 1. The quantitative estimate of drug-likeness (QED) is 0.747. The minimum Gasteiger partial charge on any atom is -0.497 e. The van der Waals surface area contributed by atoms with E-state index in [9.17, 15) is 4.79 Å². The van der Waals surface area contributed by atoms with Crippen molar-refractivity contribution < 1.29 is 23.7 Å². The van der Waals surface area contributed by atoms with Gasteiger partial charge in [-0.1, -0.05) is 6.07 Å². The summed E-state index contributed by atoms with van der Waals surface area (Å²) in [4.78, 5) is 15.0. The van der Waals surface area contributed by atoms with Crippen molar-refractivity contribution in [3.05, 3.63) is 41.2 Å². The topological polar surface area (TPSA) is 75.1 Å². The summed E-state index contributed by atoms with van der Waals surface area (Å²) in [6.07, 6.45) is 0.627. The second-order valence-electron chi connectivity index (χ2n) is 7.60. The van der Waals surface area contributed by atoms with Crippen LogP contribution in [0.5, 0.6) is 5.75 Å². The lowest BCUT2D eigenvalue weighted by Gasteiger charge is -2.37. The van der Waals surface area contributed by atoms with Gasteiger partial charge in [-0.3, -0.25) is 4.79 Å². The molecule has 3 heterocycles. The van der Waals surface area contributed by atoms with Crippen molar-refractivity contribution in [2.75, 3.05) is 40.1 Å². The maximum Gasteiger partial charge on any atom is 0.228 e. The van der Waals surface area contributed by atoms with Crippen LogP contribution < -0.4 is 4.74 Å². The Hall–Kier alpha value is -2.42. The highest BCUT2D eigenvalue weighted by molar-refractivity contribution is 5.77. The van der Waals surface area contributed by atoms with E-state index in [-0.39, 0.29) is 18.4 Å². The number of rotatable bonds is 5. The third-order valence-corrected chi connectivity index (χ3v) is 5.66. The Labute approximate surface area is 176 Å². The lowest BCUT2D eigenvalue weighted by Crippen LogP contribution is -2.45. The summed E-state index contributed by atoms with van der Waals surface area (Å²) in [5.74, 6) is 0.787. The van der Waals surface area contributed by atoms with Crippen LogP contribution in [-0.2, 0) is 19.0 Å². The van der Waals surface area contributed by atoms with E-state index < -0.39 is 6.29 Å². The zero-order chi connectivity index (χ0) is 21.1. The molecule has 2 aromatic rings. The van der Waals surface area contributed by atoms with Crippen molar-refractivity contribution in [3.8, 4) is 11.4 Å². The molecule has 1 amide bonds. The zero-order valence-electron chi connectivity index (χ0n) is 17.8. The molecule has 2 aliphatic heterocycles. The third kappa shape index (κ3) is 4.21. The summed E-state index contributed by atoms with van der Waals surface area (Å²) >= 11 is 0. The Morgan fingerprint density at radius 3 is 2.80 bits per heavy atom. The molecule has 0 radical (unpaired) electrons. The SMILES string of the molecule is COc1cccc(-n2nc(C)c(C3COCCN3C(=O)CC3OCCCO3)c2C)c1. The molecular formula is C22H29N3O5. The fourth-order valence-corrected chi connectivity index (χ4v) is 4.19. The van der Waals surface area contributed by atoms with Crippen molar-refractivity contribution >= 4 is 5.91 Å². The summed E-state index contributed by atoms with van der Waals surface area (Å²) < 4.78 is 24.2. The highest BCUT2D eigenvalue weighted by Crippen LogP contribution is 2.32. The Bertz CT molecular complexity index is 891. The second kappa shape index (κ2) is 9.16. The van der Waals surface area contributed by atoms with Crippen LogP contribution in [0.3, 0.4) is 0 Å². The Morgan fingerprint density at radius 1 is 1.23 bits per heavy atom. The number of morpholine rings is 1. The monoisotopic (exact) mass is 415 g/mol. The molecule has 0 N–H and O–H groups in total. The van der Waals surface area contributed by atoms with Gasteiger partial charge < -0.3 is 23.8 Å². The van der Waals surface area contributed by atoms with E-state index in [2.05, 4.69) is 0 Å². The summed E-state index contributed by atoms with van der Waals surface area (Å²) in [7, 11) is 1.65. The number of nitrogens with zero attached hydrogens (tertiary/aromatic N) is 3. The van der Waals surface area contributed by atoms with E-state index in [1.807, 2.05) is 47.7 Å². The second-order valence-corrected chi connectivity index (χ2v) is 7.60. The molecule has 1 aromatic carbocycles. The van der Waals surface area contributed by atoms with Crippen LogP contribution in [0.15, 0.2) is 24.3 Å². The van der Waals surface area contributed by atoms with Crippen molar-refractivity contribution in [3.63, 3.8) is 0 Å². The largest absolute Gasteiger partial charge is 0.497 e. The van der Waals surface area contributed by atoms with Crippen LogP contribution in [-0.4, -0.2) is 67.0 Å². The molecule has 0 aliphatic carbocycles. The van der Waals surface area contributed by atoms with E-state index in [1.54, 1.807) is 7.11 Å². The van der Waals surface area contributed by atoms with Crippen LogP contribution in [0.25, 0.3) is 5.69 Å². The fourth-order valence-electron chi connectivity index (χ4n) is 4.19. The number of benzene rings is 1. The standard InChI is InChI=1S/C22H29N3O5/c1-15-22(16(2)25(23-15)17-6-4-7-18(12-17)27-3)19-14-28-11-8-24(19)20(26)13-21-29-9-5-10-30-21/h4,6-7,12,19,21H,5,8-11,13-14H2,1-3H3. The Kier molecular flexibility index (Phi) is 6.36. The van der Waals surface area contributed by atoms with Gasteiger partial charge in [-0.25, -0.2) is 4.68 Å². The molecule has 30 heavy (non-hydrogen) atoms. The molecule has 0 saturated carbocycles. The average Bonchev–Trinajstić information content (AvgIpc) is 3.08. The van der Waals surface area contributed by atoms with Gasteiger partial charge in [-0.2, -0.15) is 5.10 Å². The van der Waals surface area contributed by atoms with Gasteiger partial charge >= 0.3 is 0 Å². The number of methoxy groups -OCH3 is 1. The van der Waals surface area contributed by atoms with Gasteiger partial charge in [0.2, 0.25) is 5.91 Å².